The van der Waals surface area contributed by atoms with Crippen LogP contribution < -0.4 is 16.0 Å². The minimum Gasteiger partial charge on any atom is -0.444 e. The lowest BCUT2D eigenvalue weighted by Gasteiger charge is -2.27. The summed E-state index contributed by atoms with van der Waals surface area (Å²) in [5.41, 5.74) is -0.523. The summed E-state index contributed by atoms with van der Waals surface area (Å²) in [5.74, 6) is 2.83. The van der Waals surface area contributed by atoms with Gasteiger partial charge in [0, 0.05) is 19.0 Å². The molecular formula is C20H37N7O2. The van der Waals surface area contributed by atoms with Crippen LogP contribution in [0.5, 0.6) is 0 Å². The number of ether oxygens (including phenoxy) is 1. The number of amides is 1. The van der Waals surface area contributed by atoms with E-state index in [4.69, 9.17) is 9.73 Å². The molecule has 2 atom stereocenters. The molecule has 9 heteroatoms. The lowest BCUT2D eigenvalue weighted by Crippen LogP contribution is -2.48. The van der Waals surface area contributed by atoms with Crippen LogP contribution in [-0.2, 0) is 17.7 Å². The zero-order chi connectivity index (χ0) is 21.6. The first-order chi connectivity index (χ1) is 13.6. The van der Waals surface area contributed by atoms with Gasteiger partial charge in [-0.3, -0.25) is 4.99 Å². The van der Waals surface area contributed by atoms with Gasteiger partial charge in [0.1, 0.15) is 17.2 Å². The van der Waals surface area contributed by atoms with E-state index in [1.165, 1.54) is 0 Å². The molecule has 0 spiro atoms. The smallest absolute Gasteiger partial charge is 0.407 e. The Morgan fingerprint density at radius 3 is 2.72 bits per heavy atom. The molecule has 1 aromatic heterocycles. The number of aromatic nitrogens is 3. The number of rotatable bonds is 6. The van der Waals surface area contributed by atoms with Crippen LogP contribution in [0, 0.1) is 12.8 Å². The van der Waals surface area contributed by atoms with Crippen LogP contribution >= 0.6 is 0 Å². The maximum Gasteiger partial charge on any atom is 0.407 e. The predicted molar refractivity (Wildman–Crippen MR) is 114 cm³/mol. The van der Waals surface area contributed by atoms with E-state index >= 15 is 0 Å². The molecule has 1 aliphatic heterocycles. The average Bonchev–Trinajstić information content (AvgIpc) is 2.96. The number of carbonyl (C=O) groups excluding carboxylic acids is 1. The fourth-order valence-electron chi connectivity index (χ4n) is 3.14. The third kappa shape index (κ3) is 7.55. The predicted octanol–water partition coefficient (Wildman–Crippen LogP) is 2.01. The van der Waals surface area contributed by atoms with Gasteiger partial charge in [0.15, 0.2) is 5.96 Å². The molecule has 0 saturated heterocycles. The van der Waals surface area contributed by atoms with Crippen LogP contribution in [0.1, 0.15) is 59.6 Å². The van der Waals surface area contributed by atoms with Crippen molar-refractivity contribution in [1.82, 2.24) is 30.7 Å². The number of alkyl carbamates (subject to hydrolysis) is 1. The van der Waals surface area contributed by atoms with Crippen molar-refractivity contribution in [3.05, 3.63) is 11.6 Å². The normalized spacial score (nSPS) is 18.2. The highest BCUT2D eigenvalue weighted by Crippen LogP contribution is 2.13. The molecule has 2 rings (SSSR count). The van der Waals surface area contributed by atoms with E-state index in [1.54, 1.807) is 0 Å². The molecule has 0 bridgehead atoms. The van der Waals surface area contributed by atoms with Crippen LogP contribution in [0.15, 0.2) is 4.99 Å². The molecular weight excluding hydrogens is 370 g/mol. The number of aryl methyl sites for hydroxylation is 2. The zero-order valence-electron chi connectivity index (χ0n) is 18.9. The first-order valence-electron chi connectivity index (χ1n) is 10.5. The van der Waals surface area contributed by atoms with E-state index < -0.39 is 11.7 Å². The summed E-state index contributed by atoms with van der Waals surface area (Å²) in [7, 11) is 0. The molecule has 164 valence electrons. The lowest BCUT2D eigenvalue weighted by molar-refractivity contribution is 0.0493. The Bertz CT molecular complexity index is 706. The summed E-state index contributed by atoms with van der Waals surface area (Å²) in [6.07, 6.45) is 1.46. The lowest BCUT2D eigenvalue weighted by atomic mass is 10.1. The van der Waals surface area contributed by atoms with E-state index in [2.05, 4.69) is 39.9 Å². The van der Waals surface area contributed by atoms with Crippen molar-refractivity contribution in [2.45, 2.75) is 85.5 Å². The Kier molecular flexibility index (Phi) is 7.87. The fraction of sp³-hybridized carbons (Fsp3) is 0.800. The zero-order valence-corrected chi connectivity index (χ0v) is 18.9. The van der Waals surface area contributed by atoms with E-state index in [0.717, 1.165) is 43.5 Å². The van der Waals surface area contributed by atoms with Gasteiger partial charge in [0.25, 0.3) is 0 Å². The van der Waals surface area contributed by atoms with Gasteiger partial charge >= 0.3 is 6.09 Å². The van der Waals surface area contributed by atoms with Gasteiger partial charge in [-0.2, -0.15) is 5.10 Å². The number of hydrogen-bond donors (Lipinski definition) is 3. The van der Waals surface area contributed by atoms with Crippen LogP contribution in [0.4, 0.5) is 4.79 Å². The Morgan fingerprint density at radius 2 is 2.10 bits per heavy atom. The second kappa shape index (κ2) is 9.93. The minimum atomic E-state index is -0.523. The number of nitrogens with zero attached hydrogens (tertiary/aromatic N) is 4. The topological polar surface area (TPSA) is 105 Å². The van der Waals surface area contributed by atoms with Crippen molar-refractivity contribution < 1.29 is 9.53 Å². The Labute approximate surface area is 174 Å². The molecule has 1 aliphatic rings. The second-order valence-electron chi connectivity index (χ2n) is 8.85. The Balaban J connectivity index is 1.98. The number of fused-ring (bicyclic) bond motifs is 1. The van der Waals surface area contributed by atoms with Gasteiger partial charge in [0.05, 0.1) is 19.1 Å². The molecule has 3 N–H and O–H groups in total. The molecule has 0 aromatic carbocycles. The SMILES string of the molecule is CCNC(=NCC(NC(=O)OC(C)(C)C)C(C)C)NC1CCc2nc(C)nn2C1. The molecule has 0 fully saturated rings. The van der Waals surface area contributed by atoms with E-state index in [-0.39, 0.29) is 18.0 Å². The molecule has 0 saturated carbocycles. The Morgan fingerprint density at radius 1 is 1.38 bits per heavy atom. The molecule has 1 aromatic rings. The summed E-state index contributed by atoms with van der Waals surface area (Å²) >= 11 is 0. The van der Waals surface area contributed by atoms with Crippen LogP contribution in [0.2, 0.25) is 0 Å². The van der Waals surface area contributed by atoms with Crippen LogP contribution in [-0.4, -0.2) is 57.6 Å². The highest BCUT2D eigenvalue weighted by Gasteiger charge is 2.23. The van der Waals surface area contributed by atoms with E-state index in [0.29, 0.717) is 6.54 Å². The number of guanidine groups is 1. The van der Waals surface area contributed by atoms with Crippen LogP contribution in [0.25, 0.3) is 0 Å². The summed E-state index contributed by atoms with van der Waals surface area (Å²) in [4.78, 5) is 21.3. The highest BCUT2D eigenvalue weighted by atomic mass is 16.6. The fourth-order valence-corrected chi connectivity index (χ4v) is 3.14. The van der Waals surface area contributed by atoms with Gasteiger partial charge in [-0.25, -0.2) is 14.5 Å². The monoisotopic (exact) mass is 407 g/mol. The maximum absolute atomic E-state index is 12.2. The first kappa shape index (κ1) is 23.0. The average molecular weight is 408 g/mol. The second-order valence-corrected chi connectivity index (χ2v) is 8.85. The highest BCUT2D eigenvalue weighted by molar-refractivity contribution is 5.80. The number of aliphatic imine (C=N–C) groups is 1. The van der Waals surface area contributed by atoms with Crippen molar-refractivity contribution in [3.63, 3.8) is 0 Å². The van der Waals surface area contributed by atoms with E-state index in [9.17, 15) is 4.79 Å². The summed E-state index contributed by atoms with van der Waals surface area (Å²) < 4.78 is 7.36. The number of nitrogens with one attached hydrogen (secondary N) is 3. The molecule has 2 heterocycles. The molecule has 1 amide bonds. The molecule has 29 heavy (non-hydrogen) atoms. The van der Waals surface area contributed by atoms with Crippen LogP contribution in [0.3, 0.4) is 0 Å². The van der Waals surface area contributed by atoms with Gasteiger partial charge in [0.2, 0.25) is 0 Å². The number of hydrogen-bond acceptors (Lipinski definition) is 5. The standard InChI is InChI=1S/C20H37N7O2/c1-8-21-18(24-15-9-10-17-23-14(4)26-27(17)12-15)22-11-16(13(2)3)25-19(28)29-20(5,6)7/h13,15-16H,8-12H2,1-7H3,(H,25,28)(H2,21,22,24). The van der Waals surface area contributed by atoms with Gasteiger partial charge < -0.3 is 20.7 Å². The van der Waals surface area contributed by atoms with Gasteiger partial charge in [-0.1, -0.05) is 13.8 Å². The summed E-state index contributed by atoms with van der Waals surface area (Å²) in [6.45, 7) is 15.6. The van der Waals surface area contributed by atoms with E-state index in [1.807, 2.05) is 39.3 Å². The number of carbonyl (C=O) groups is 1. The summed E-state index contributed by atoms with van der Waals surface area (Å²) in [6, 6.07) is 0.119. The molecule has 9 nitrogen and oxygen atoms in total. The third-order valence-electron chi connectivity index (χ3n) is 4.60. The third-order valence-corrected chi connectivity index (χ3v) is 4.60. The largest absolute Gasteiger partial charge is 0.444 e. The van der Waals surface area contributed by atoms with Gasteiger partial charge in [-0.05, 0) is 47.0 Å². The minimum absolute atomic E-state index is 0.115. The molecule has 0 aliphatic carbocycles. The first-order valence-corrected chi connectivity index (χ1v) is 10.5. The van der Waals surface area contributed by atoms with Gasteiger partial charge in [-0.15, -0.1) is 0 Å². The van der Waals surface area contributed by atoms with Crippen molar-refractivity contribution in [2.75, 3.05) is 13.1 Å². The molecule has 0 radical (unpaired) electrons. The van der Waals surface area contributed by atoms with Crippen molar-refractivity contribution in [2.24, 2.45) is 10.9 Å². The Hall–Kier alpha value is -2.32. The summed E-state index contributed by atoms with van der Waals surface area (Å²) in [5, 5.41) is 14.2. The van der Waals surface area contributed by atoms with Crippen molar-refractivity contribution >= 4 is 12.1 Å². The quantitative estimate of drug-likeness (QED) is 0.492. The van der Waals surface area contributed by atoms with Crippen molar-refractivity contribution in [3.8, 4) is 0 Å². The molecule has 2 unspecified atom stereocenters. The van der Waals surface area contributed by atoms with Crippen molar-refractivity contribution in [1.29, 1.82) is 0 Å². The maximum atomic E-state index is 12.2.